The first kappa shape index (κ1) is 37.8. The van der Waals surface area contributed by atoms with Crippen molar-refractivity contribution < 1.29 is 14.4 Å². The highest BCUT2D eigenvalue weighted by atomic mass is 16.1. The molecule has 55 heavy (non-hydrogen) atoms. The second kappa shape index (κ2) is 14.4. The Morgan fingerprint density at radius 2 is 1.69 bits per heavy atom. The van der Waals surface area contributed by atoms with E-state index in [1.165, 1.54) is 38.5 Å². The van der Waals surface area contributed by atoms with E-state index in [1.54, 1.807) is 6.20 Å². The summed E-state index contributed by atoms with van der Waals surface area (Å²) < 4.78 is 1.97. The largest absolute Gasteiger partial charge is 0.355 e. The Morgan fingerprint density at radius 3 is 2.35 bits per heavy atom. The summed E-state index contributed by atoms with van der Waals surface area (Å²) in [6, 6.07) is 8.41. The number of carbonyl (C=O) groups excluding carboxylic acids is 3. The van der Waals surface area contributed by atoms with E-state index in [4.69, 9.17) is 4.98 Å². The summed E-state index contributed by atoms with van der Waals surface area (Å²) in [5.41, 5.74) is 7.34. The Bertz CT molecular complexity index is 2050. The van der Waals surface area contributed by atoms with Crippen LogP contribution in [0.2, 0.25) is 0 Å². The van der Waals surface area contributed by atoms with Gasteiger partial charge < -0.3 is 10.2 Å². The number of hydrogen-bond acceptors (Lipinski definition) is 7. The van der Waals surface area contributed by atoms with E-state index >= 15 is 0 Å². The van der Waals surface area contributed by atoms with Crippen molar-refractivity contribution in [2.45, 2.75) is 112 Å². The summed E-state index contributed by atoms with van der Waals surface area (Å²) >= 11 is 0. The van der Waals surface area contributed by atoms with Crippen LogP contribution in [0.25, 0.3) is 22.0 Å². The number of anilines is 1. The predicted octanol–water partition coefficient (Wildman–Crippen LogP) is 8.50. The van der Waals surface area contributed by atoms with Gasteiger partial charge in [0.15, 0.2) is 11.6 Å². The fraction of sp³-hybridized carbons (Fsp3) is 0.587. The van der Waals surface area contributed by atoms with Crippen LogP contribution < -0.4 is 10.2 Å². The van der Waals surface area contributed by atoms with Crippen molar-refractivity contribution in [1.29, 1.82) is 0 Å². The predicted molar refractivity (Wildman–Crippen MR) is 219 cm³/mol. The molecule has 4 saturated carbocycles. The average Bonchev–Trinajstić information content (AvgIpc) is 3.54. The number of Topliss-reactive ketones (excluding diaryl/α,β-unsaturated/α-hetero) is 2. The van der Waals surface area contributed by atoms with Crippen LogP contribution in [0.5, 0.6) is 0 Å². The molecule has 4 bridgehead atoms. The lowest BCUT2D eigenvalue weighted by molar-refractivity contribution is -0.156. The van der Waals surface area contributed by atoms with Gasteiger partial charge in [0.1, 0.15) is 5.82 Å². The van der Waals surface area contributed by atoms with Gasteiger partial charge in [0.25, 0.3) is 0 Å². The van der Waals surface area contributed by atoms with Gasteiger partial charge in [-0.05, 0) is 136 Å². The molecule has 9 heteroatoms. The highest BCUT2D eigenvalue weighted by Crippen LogP contribution is 2.70. The monoisotopic (exact) mass is 744 g/mol. The van der Waals surface area contributed by atoms with E-state index in [1.807, 2.05) is 30.8 Å². The zero-order valence-corrected chi connectivity index (χ0v) is 34.0. The number of amides is 1. The van der Waals surface area contributed by atoms with Gasteiger partial charge in [-0.25, -0.2) is 4.98 Å². The minimum Gasteiger partial charge on any atom is -0.355 e. The van der Waals surface area contributed by atoms with Crippen molar-refractivity contribution in [3.05, 3.63) is 65.0 Å². The highest BCUT2D eigenvalue weighted by Gasteiger charge is 2.60. The van der Waals surface area contributed by atoms with Gasteiger partial charge in [0, 0.05) is 87.3 Å². The SMILES string of the molecule is CC1=CC(C)=C(CCC(=O)c2cc(-c3ccc(N4CCN(CCNC(=O)CC56CC7CC(C)(CC(C)(C7)C5)C6)CC4)nc3)cc3c2cnn3C(C)C)C(=O)C1. The van der Waals surface area contributed by atoms with Crippen LogP contribution in [0.4, 0.5) is 5.82 Å². The molecule has 1 saturated heterocycles. The van der Waals surface area contributed by atoms with Gasteiger partial charge in [-0.3, -0.25) is 24.0 Å². The van der Waals surface area contributed by atoms with Gasteiger partial charge in [0.05, 0.1) is 11.7 Å². The van der Waals surface area contributed by atoms with E-state index in [0.29, 0.717) is 42.2 Å². The first-order chi connectivity index (χ1) is 26.2. The van der Waals surface area contributed by atoms with Crippen LogP contribution >= 0.6 is 0 Å². The van der Waals surface area contributed by atoms with Gasteiger partial charge in [-0.2, -0.15) is 5.10 Å². The topological polar surface area (TPSA) is 100 Å². The van der Waals surface area contributed by atoms with E-state index in [0.717, 1.165) is 83.2 Å². The third kappa shape index (κ3) is 7.70. The summed E-state index contributed by atoms with van der Waals surface area (Å²) in [4.78, 5) is 49.5. The fourth-order valence-corrected chi connectivity index (χ4v) is 12.3. The van der Waals surface area contributed by atoms with Crippen molar-refractivity contribution in [2.24, 2.45) is 22.2 Å². The van der Waals surface area contributed by atoms with Crippen LogP contribution in [-0.2, 0) is 9.59 Å². The van der Waals surface area contributed by atoms with E-state index in [-0.39, 0.29) is 35.4 Å². The number of aromatic nitrogens is 3. The third-order valence-electron chi connectivity index (χ3n) is 13.6. The third-order valence-corrected chi connectivity index (χ3v) is 13.6. The second-order valence-corrected chi connectivity index (χ2v) is 19.2. The van der Waals surface area contributed by atoms with Gasteiger partial charge in [-0.1, -0.05) is 25.5 Å². The molecular formula is C46H60N6O3. The quantitative estimate of drug-likeness (QED) is 0.186. The van der Waals surface area contributed by atoms with Gasteiger partial charge >= 0.3 is 0 Å². The maximum absolute atomic E-state index is 13.8. The van der Waals surface area contributed by atoms with Gasteiger partial charge in [0.2, 0.25) is 5.91 Å². The minimum absolute atomic E-state index is 0.0166. The molecular weight excluding hydrogens is 685 g/mol. The summed E-state index contributed by atoms with van der Waals surface area (Å²) in [6.45, 7) is 18.3. The van der Waals surface area contributed by atoms with Crippen molar-refractivity contribution in [2.75, 3.05) is 44.2 Å². The van der Waals surface area contributed by atoms with Crippen molar-refractivity contribution >= 4 is 34.2 Å². The van der Waals surface area contributed by atoms with E-state index in [9.17, 15) is 14.4 Å². The summed E-state index contributed by atoms with van der Waals surface area (Å²) in [6.07, 6.45) is 15.4. The summed E-state index contributed by atoms with van der Waals surface area (Å²) in [5.74, 6) is 2.15. The molecule has 2 unspecified atom stereocenters. The number of allylic oxidation sites excluding steroid dienone is 4. The molecule has 5 aliphatic carbocycles. The van der Waals surface area contributed by atoms with Crippen LogP contribution in [0.1, 0.15) is 122 Å². The molecule has 2 aromatic heterocycles. The lowest BCUT2D eigenvalue weighted by atomic mass is 9.40. The lowest BCUT2D eigenvalue weighted by Crippen LogP contribution is -2.56. The number of fused-ring (bicyclic) bond motifs is 1. The molecule has 0 spiro atoms. The maximum atomic E-state index is 13.8. The first-order valence-corrected chi connectivity index (χ1v) is 20.8. The molecule has 2 atom stereocenters. The minimum atomic E-state index is 0.0166. The molecule has 3 heterocycles. The fourth-order valence-electron chi connectivity index (χ4n) is 12.3. The Hall–Kier alpha value is -4.11. The van der Waals surface area contributed by atoms with Crippen molar-refractivity contribution in [3.63, 3.8) is 0 Å². The highest BCUT2D eigenvalue weighted by molar-refractivity contribution is 6.09. The van der Waals surface area contributed by atoms with Crippen LogP contribution in [0, 0.1) is 22.2 Å². The van der Waals surface area contributed by atoms with Crippen molar-refractivity contribution in [3.8, 4) is 11.1 Å². The molecule has 9 rings (SSSR count). The number of ketones is 2. The lowest BCUT2D eigenvalue weighted by Gasteiger charge is -2.65. The van der Waals surface area contributed by atoms with E-state index < -0.39 is 0 Å². The molecule has 1 amide bonds. The molecule has 0 radical (unpaired) electrons. The van der Waals surface area contributed by atoms with Crippen molar-refractivity contribution in [1.82, 2.24) is 25.0 Å². The Kier molecular flexibility index (Phi) is 9.92. The molecule has 6 aliphatic rings. The standard InChI is InChI=1S/C46H60N6O3/c1-30(2)52-39-20-35(19-37(38(39)26-49-52)40(53)9-8-36-32(4)17-31(3)18-41(36)54)34-7-10-42(48-25-34)51-15-13-50(14-16-51)12-11-47-43(55)24-46-23-33-21-44(5,28-46)27-45(6,22-33)29-46/h7,10,17,19-20,25-26,30,33H,8-9,11-16,18,21-24,27-29H2,1-6H3,(H,47,55). The zero-order chi connectivity index (χ0) is 38.7. The van der Waals surface area contributed by atoms with E-state index in [2.05, 4.69) is 72.2 Å². The van der Waals surface area contributed by atoms with Crippen LogP contribution in [-0.4, -0.2) is 76.4 Å². The summed E-state index contributed by atoms with van der Waals surface area (Å²) in [5, 5.41) is 8.79. The Balaban J connectivity index is 0.873. The van der Waals surface area contributed by atoms with Gasteiger partial charge in [-0.15, -0.1) is 0 Å². The number of benzene rings is 1. The average molecular weight is 745 g/mol. The molecule has 1 aliphatic heterocycles. The Morgan fingerprint density at radius 1 is 0.945 bits per heavy atom. The number of pyridine rings is 1. The number of hydrogen-bond donors (Lipinski definition) is 1. The maximum Gasteiger partial charge on any atom is 0.220 e. The number of nitrogens with one attached hydrogen (secondary N) is 1. The summed E-state index contributed by atoms with van der Waals surface area (Å²) in [7, 11) is 0. The number of rotatable bonds is 12. The second-order valence-electron chi connectivity index (χ2n) is 19.2. The van der Waals surface area contributed by atoms with Crippen LogP contribution in [0.15, 0.2) is 59.5 Å². The smallest absolute Gasteiger partial charge is 0.220 e. The molecule has 9 nitrogen and oxygen atoms in total. The number of nitrogens with zero attached hydrogens (tertiary/aromatic N) is 5. The molecule has 1 aromatic carbocycles. The molecule has 292 valence electrons. The van der Waals surface area contributed by atoms with Crippen LogP contribution in [0.3, 0.4) is 0 Å². The molecule has 1 N–H and O–H groups in total. The zero-order valence-electron chi connectivity index (χ0n) is 34.0. The molecule has 5 fully saturated rings. The Labute approximate surface area is 327 Å². The normalized spacial score (nSPS) is 28.1. The first-order valence-electron chi connectivity index (χ1n) is 20.8. The number of carbonyl (C=O) groups is 3. The number of piperazine rings is 1. The molecule has 3 aromatic rings.